The van der Waals surface area contributed by atoms with Crippen LogP contribution < -0.4 is 11.0 Å². The highest BCUT2D eigenvalue weighted by Gasteiger charge is 2.64. The Morgan fingerprint density at radius 3 is 2.29 bits per heavy atom. The zero-order chi connectivity index (χ0) is 30.0. The fraction of sp³-hybridized carbons (Fsp3) is 0.276. The highest BCUT2D eigenvalue weighted by atomic mass is 16.8. The number of phenols is 1. The molecule has 2 aromatic rings. The smallest absolute Gasteiger partial charge is 0.255 e. The van der Waals surface area contributed by atoms with E-state index in [0.29, 0.717) is 16.7 Å². The number of nitrogens with two attached hydrogens (primary N) is 1. The Kier molecular flexibility index (Phi) is 6.73. The first-order valence-corrected chi connectivity index (χ1v) is 12.7. The molecule has 1 saturated carbocycles. The number of aliphatic hydroxyl groups is 3. The molecular formula is C29H28N3O9+. The Balaban J connectivity index is 1.64. The molecule has 1 fully saturated rings. The Bertz CT molecular complexity index is 1630. The van der Waals surface area contributed by atoms with Crippen LogP contribution in [0, 0.1) is 23.7 Å². The fourth-order valence-electron chi connectivity index (χ4n) is 6.20. The average molecular weight is 563 g/mol. The van der Waals surface area contributed by atoms with Gasteiger partial charge in [0.05, 0.1) is 11.6 Å². The van der Waals surface area contributed by atoms with Crippen LogP contribution in [0.15, 0.2) is 53.3 Å². The molecule has 3 aliphatic rings. The zero-order valence-electron chi connectivity index (χ0n) is 22.0. The molecule has 0 aliphatic heterocycles. The molecular weight excluding hydrogens is 534 g/mol. The number of carbonyl (C=O) groups excluding carboxylic acids is 3. The van der Waals surface area contributed by atoms with Crippen LogP contribution in [0.4, 0.5) is 5.69 Å². The Morgan fingerprint density at radius 2 is 1.71 bits per heavy atom. The van der Waals surface area contributed by atoms with Gasteiger partial charge in [0, 0.05) is 34.8 Å². The van der Waals surface area contributed by atoms with Gasteiger partial charge in [-0.05, 0) is 67.9 Å². The Labute approximate surface area is 233 Å². The lowest BCUT2D eigenvalue weighted by Gasteiger charge is -2.50. The maximum Gasteiger partial charge on any atom is 0.255 e. The van der Waals surface area contributed by atoms with E-state index in [1.165, 1.54) is 37.2 Å². The van der Waals surface area contributed by atoms with Crippen molar-refractivity contribution in [2.24, 2.45) is 17.6 Å². The lowest BCUT2D eigenvalue weighted by atomic mass is 9.57. The van der Waals surface area contributed by atoms with Crippen molar-refractivity contribution in [2.45, 2.75) is 24.5 Å². The molecule has 5 rings (SSSR count). The molecule has 12 nitrogen and oxygen atoms in total. The first-order chi connectivity index (χ1) is 19.3. The van der Waals surface area contributed by atoms with E-state index in [1.54, 1.807) is 18.2 Å². The van der Waals surface area contributed by atoms with Gasteiger partial charge in [0.2, 0.25) is 5.78 Å². The molecule has 2 unspecified atom stereocenters. The minimum atomic E-state index is -2.70. The fourth-order valence-corrected chi connectivity index (χ4v) is 6.20. The molecule has 0 radical (unpaired) electrons. The molecule has 12 heteroatoms. The van der Waals surface area contributed by atoms with E-state index in [0.717, 1.165) is 0 Å². The van der Waals surface area contributed by atoms with E-state index in [2.05, 4.69) is 11.8 Å². The minimum Gasteiger partial charge on any atom is -0.508 e. The largest absolute Gasteiger partial charge is 0.508 e. The van der Waals surface area contributed by atoms with E-state index in [4.69, 9.17) is 5.73 Å². The zero-order valence-corrected chi connectivity index (χ0v) is 22.0. The number of carbonyl (C=O) groups is 3. The van der Waals surface area contributed by atoms with Crippen LogP contribution in [0.25, 0.3) is 5.76 Å². The summed E-state index contributed by atoms with van der Waals surface area (Å²) in [5, 5.41) is 62.1. The maximum absolute atomic E-state index is 13.9. The van der Waals surface area contributed by atoms with E-state index >= 15 is 0 Å². The van der Waals surface area contributed by atoms with Crippen molar-refractivity contribution in [1.29, 1.82) is 0 Å². The summed E-state index contributed by atoms with van der Waals surface area (Å²) in [6.07, 6.45) is 0.0795. The number of Topliss-reactive ketones (excluding diaryl/α,β-unsaturated/α-hetero) is 2. The van der Waals surface area contributed by atoms with Gasteiger partial charge in [0.25, 0.3) is 5.91 Å². The van der Waals surface area contributed by atoms with Gasteiger partial charge in [0.1, 0.15) is 22.8 Å². The second-order valence-corrected chi connectivity index (χ2v) is 10.6. The highest BCUT2D eigenvalue weighted by molar-refractivity contribution is 6.24. The number of amides is 1. The molecule has 1 amide bonds. The number of hydrogen-bond acceptors (Lipinski definition) is 10. The number of likely N-dealkylation sites (N-methyl/N-ethyl adjacent to an activating group) is 1. The molecule has 0 aromatic heterocycles. The summed E-state index contributed by atoms with van der Waals surface area (Å²) >= 11 is 0. The number of aliphatic hydroxyl groups excluding tert-OH is 2. The number of quaternary nitrogens is 1. The number of nitrogens with one attached hydrogen (secondary N) is 1. The van der Waals surface area contributed by atoms with Crippen molar-refractivity contribution in [1.82, 2.24) is 4.90 Å². The van der Waals surface area contributed by atoms with Gasteiger partial charge in [-0.15, -0.1) is 0 Å². The average Bonchev–Trinajstić information content (AvgIpc) is 2.90. The van der Waals surface area contributed by atoms with Crippen LogP contribution in [0.5, 0.6) is 5.75 Å². The Hall–Kier alpha value is -4.51. The van der Waals surface area contributed by atoms with Crippen molar-refractivity contribution in [3.05, 3.63) is 75.6 Å². The molecule has 3 aliphatic carbocycles. The quantitative estimate of drug-likeness (QED) is 0.139. The number of phenolic OH excluding ortho intramolecular Hbond substituents is 1. The summed E-state index contributed by atoms with van der Waals surface area (Å²) in [6, 6.07) is 7.80. The van der Waals surface area contributed by atoms with Crippen molar-refractivity contribution in [3.63, 3.8) is 0 Å². The Morgan fingerprint density at radius 1 is 1.05 bits per heavy atom. The van der Waals surface area contributed by atoms with Crippen LogP contribution in [0.1, 0.15) is 28.7 Å². The molecule has 2 aromatic carbocycles. The third kappa shape index (κ3) is 4.19. The molecule has 9 N–H and O–H groups in total. The normalized spacial score (nSPS) is 25.5. The predicted molar refractivity (Wildman–Crippen MR) is 141 cm³/mol. The number of benzene rings is 2. The topological polar surface area (TPSA) is 206 Å². The highest BCUT2D eigenvalue weighted by Crippen LogP contribution is 2.52. The van der Waals surface area contributed by atoms with Gasteiger partial charge in [0.15, 0.2) is 17.1 Å². The van der Waals surface area contributed by atoms with Crippen LogP contribution in [-0.4, -0.2) is 79.0 Å². The van der Waals surface area contributed by atoms with Gasteiger partial charge in [-0.1, -0.05) is 11.8 Å². The number of nitrogens with zero attached hydrogens (tertiary/aromatic N) is 1. The molecule has 41 heavy (non-hydrogen) atoms. The van der Waals surface area contributed by atoms with E-state index < -0.39 is 63.3 Å². The number of ketones is 2. The summed E-state index contributed by atoms with van der Waals surface area (Å²) in [4.78, 5) is 40.6. The van der Waals surface area contributed by atoms with E-state index in [1.807, 2.05) is 0 Å². The van der Waals surface area contributed by atoms with Gasteiger partial charge in [-0.3, -0.25) is 19.3 Å². The van der Waals surface area contributed by atoms with Crippen molar-refractivity contribution < 1.29 is 50.5 Å². The third-order valence-corrected chi connectivity index (χ3v) is 8.09. The monoisotopic (exact) mass is 562 g/mol. The van der Waals surface area contributed by atoms with Crippen molar-refractivity contribution in [2.75, 3.05) is 14.1 Å². The maximum atomic E-state index is 13.9. The molecule has 0 bridgehead atoms. The van der Waals surface area contributed by atoms with E-state index in [9.17, 15) is 45.2 Å². The number of rotatable bonds is 3. The first-order valence-electron chi connectivity index (χ1n) is 12.7. The number of hydrogen-bond donors (Lipinski definition) is 8. The van der Waals surface area contributed by atoms with Crippen LogP contribution in [-0.2, 0) is 20.8 Å². The number of primary amides is 1. The second-order valence-electron chi connectivity index (χ2n) is 10.6. The molecule has 212 valence electrons. The van der Waals surface area contributed by atoms with Crippen LogP contribution in [0.3, 0.4) is 0 Å². The number of aromatic hydroxyl groups is 1. The molecule has 0 spiro atoms. The summed E-state index contributed by atoms with van der Waals surface area (Å²) in [7, 11) is 3.07. The standard InChI is InChI=1S/C29H27N3O9/c1-31(2)23-18-12-15-11-17-14(6-3-13-4-8-16(9-5-13)32(40)41)7-10-19(33)21(17)24(34)20(15)26(36)29(18,39)27(37)22(25(23)35)28(30)38/h4-5,7-10,15,18,23,33-34,37,39-41H,11-12H2,1-2H3,(H2,30,38)/p+1/t15?,18?,23-,29-/m0/s1. The van der Waals surface area contributed by atoms with Crippen LogP contribution in [0.2, 0.25) is 0 Å². The van der Waals surface area contributed by atoms with Gasteiger partial charge < -0.3 is 26.2 Å². The lowest BCUT2D eigenvalue weighted by Crippen LogP contribution is -3.01. The summed E-state index contributed by atoms with van der Waals surface area (Å²) < 4.78 is 0. The summed E-state index contributed by atoms with van der Waals surface area (Å²) in [5.74, 6) is -1.23. The van der Waals surface area contributed by atoms with Gasteiger partial charge in [-0.25, -0.2) is 0 Å². The van der Waals surface area contributed by atoms with Gasteiger partial charge >= 0.3 is 0 Å². The molecule has 0 saturated heterocycles. The van der Waals surface area contributed by atoms with E-state index in [-0.39, 0.29) is 35.4 Å². The molecule has 4 atom stereocenters. The van der Waals surface area contributed by atoms with Crippen molar-refractivity contribution >= 4 is 28.9 Å². The summed E-state index contributed by atoms with van der Waals surface area (Å²) in [6.45, 7) is 0. The summed E-state index contributed by atoms with van der Waals surface area (Å²) in [5.41, 5.74) is 3.12. The molecule has 0 heterocycles. The first kappa shape index (κ1) is 28.0. The number of fused-ring (bicyclic) bond motifs is 3. The van der Waals surface area contributed by atoms with Crippen molar-refractivity contribution in [3.8, 4) is 17.6 Å². The predicted octanol–water partition coefficient (Wildman–Crippen LogP) is -0.341. The van der Waals surface area contributed by atoms with Gasteiger partial charge in [-0.2, -0.15) is 10.4 Å². The lowest BCUT2D eigenvalue weighted by molar-refractivity contribution is -1.19. The second kappa shape index (κ2) is 9.84. The SMILES string of the molecule is CN(C)[C@@H]1C(=O)C(C(N)=O)=C(O)[C@@]2(O)C(=O)C3=C(O)c4c(O)ccc(C#Cc5ccc([NH+](O)O)cc5)c4CC3CC12. The minimum absolute atomic E-state index is 0.0309. The third-order valence-electron chi connectivity index (χ3n) is 8.09. The van der Waals surface area contributed by atoms with Crippen LogP contribution >= 0.6 is 0 Å².